The molecule has 3 aromatic carbocycles. The van der Waals surface area contributed by atoms with Crippen molar-refractivity contribution in [3.05, 3.63) is 94.5 Å². The van der Waals surface area contributed by atoms with E-state index in [1.54, 1.807) is 0 Å². The topological polar surface area (TPSA) is 20.2 Å². The van der Waals surface area contributed by atoms with Gasteiger partial charge in [-0.2, -0.15) is 0 Å². The third-order valence-corrected chi connectivity index (χ3v) is 4.43. The first-order chi connectivity index (χ1) is 11.7. The maximum absolute atomic E-state index is 9.32. The molecule has 0 unspecified atom stereocenters. The zero-order chi connectivity index (χ0) is 16.9. The zero-order valence-corrected chi connectivity index (χ0v) is 14.2. The molecule has 24 heavy (non-hydrogen) atoms. The van der Waals surface area contributed by atoms with Crippen molar-refractivity contribution >= 4 is 12.2 Å². The molecule has 0 aliphatic heterocycles. The number of benzene rings is 3. The molecular formula is C23H22O. The molecule has 0 aliphatic carbocycles. The zero-order valence-electron chi connectivity index (χ0n) is 14.2. The normalized spacial score (nSPS) is 11.1. The van der Waals surface area contributed by atoms with Gasteiger partial charge in [0.25, 0.3) is 0 Å². The Morgan fingerprint density at radius 1 is 0.792 bits per heavy atom. The Bertz CT molecular complexity index is 860. The van der Waals surface area contributed by atoms with Crippen LogP contribution in [0.1, 0.15) is 27.8 Å². The monoisotopic (exact) mass is 314 g/mol. The van der Waals surface area contributed by atoms with Crippen LogP contribution in [0.2, 0.25) is 0 Å². The van der Waals surface area contributed by atoms with Crippen LogP contribution in [-0.2, 0) is 6.61 Å². The van der Waals surface area contributed by atoms with Crippen LogP contribution in [0.3, 0.4) is 0 Å². The minimum atomic E-state index is 0.0731. The van der Waals surface area contributed by atoms with Crippen molar-refractivity contribution in [2.45, 2.75) is 20.5 Å². The molecule has 0 spiro atoms. The van der Waals surface area contributed by atoms with E-state index in [0.717, 1.165) is 11.1 Å². The summed E-state index contributed by atoms with van der Waals surface area (Å²) in [6, 6.07) is 22.9. The van der Waals surface area contributed by atoms with Gasteiger partial charge in [0.2, 0.25) is 0 Å². The molecule has 0 aromatic heterocycles. The van der Waals surface area contributed by atoms with Gasteiger partial charge in [-0.3, -0.25) is 0 Å². The number of aryl methyl sites for hydroxylation is 1. The summed E-state index contributed by atoms with van der Waals surface area (Å²) in [5, 5.41) is 9.32. The van der Waals surface area contributed by atoms with Gasteiger partial charge < -0.3 is 5.11 Å². The van der Waals surface area contributed by atoms with Gasteiger partial charge in [0, 0.05) is 0 Å². The van der Waals surface area contributed by atoms with E-state index in [1.165, 1.54) is 27.8 Å². The summed E-state index contributed by atoms with van der Waals surface area (Å²) in [5.74, 6) is 0. The lowest BCUT2D eigenvalue weighted by Crippen LogP contribution is -1.89. The fourth-order valence-electron chi connectivity index (χ4n) is 2.91. The summed E-state index contributed by atoms with van der Waals surface area (Å²) in [6.45, 7) is 4.33. The SMILES string of the molecule is Cc1ccc(CO)cc1/C=C/c1cccc(-c2ccccc2)c1C. The summed E-state index contributed by atoms with van der Waals surface area (Å²) >= 11 is 0. The van der Waals surface area contributed by atoms with Crippen LogP contribution >= 0.6 is 0 Å². The third-order valence-electron chi connectivity index (χ3n) is 4.43. The maximum atomic E-state index is 9.32. The number of hydrogen-bond donors (Lipinski definition) is 1. The standard InChI is InChI=1S/C23H22O/c1-17-11-12-19(16-24)15-22(17)14-13-20-9-6-10-23(18(20)2)21-7-4-3-5-8-21/h3-15,24H,16H2,1-2H3/b14-13+. The second-order valence-electron chi connectivity index (χ2n) is 6.07. The van der Waals surface area contributed by atoms with E-state index < -0.39 is 0 Å². The van der Waals surface area contributed by atoms with Gasteiger partial charge in [-0.25, -0.2) is 0 Å². The fourth-order valence-corrected chi connectivity index (χ4v) is 2.91. The summed E-state index contributed by atoms with van der Waals surface area (Å²) < 4.78 is 0. The van der Waals surface area contributed by atoms with E-state index >= 15 is 0 Å². The van der Waals surface area contributed by atoms with Crippen molar-refractivity contribution < 1.29 is 5.11 Å². The average molecular weight is 314 g/mol. The average Bonchev–Trinajstić information content (AvgIpc) is 2.63. The lowest BCUT2D eigenvalue weighted by atomic mass is 9.95. The van der Waals surface area contributed by atoms with Crippen LogP contribution in [0.25, 0.3) is 23.3 Å². The molecule has 0 radical (unpaired) electrons. The van der Waals surface area contributed by atoms with Gasteiger partial charge in [-0.15, -0.1) is 0 Å². The van der Waals surface area contributed by atoms with Gasteiger partial charge in [0.05, 0.1) is 6.61 Å². The second kappa shape index (κ2) is 7.29. The Kier molecular flexibility index (Phi) is 4.93. The minimum absolute atomic E-state index is 0.0731. The van der Waals surface area contributed by atoms with Gasteiger partial charge in [-0.05, 0) is 58.9 Å². The van der Waals surface area contributed by atoms with E-state index in [4.69, 9.17) is 0 Å². The van der Waals surface area contributed by atoms with Crippen molar-refractivity contribution in [3.63, 3.8) is 0 Å². The minimum Gasteiger partial charge on any atom is -0.392 e. The molecule has 0 atom stereocenters. The van der Waals surface area contributed by atoms with Crippen LogP contribution < -0.4 is 0 Å². The molecule has 3 aromatic rings. The second-order valence-corrected chi connectivity index (χ2v) is 6.07. The van der Waals surface area contributed by atoms with Gasteiger partial charge in [0.1, 0.15) is 0 Å². The Balaban J connectivity index is 1.97. The number of aliphatic hydroxyl groups excluding tert-OH is 1. The first kappa shape index (κ1) is 16.2. The molecule has 1 heteroatoms. The van der Waals surface area contributed by atoms with Crippen LogP contribution in [-0.4, -0.2) is 5.11 Å². The van der Waals surface area contributed by atoms with Crippen LogP contribution in [0.15, 0.2) is 66.7 Å². The van der Waals surface area contributed by atoms with E-state index in [0.29, 0.717) is 0 Å². The molecule has 0 saturated carbocycles. The van der Waals surface area contributed by atoms with Gasteiger partial charge in [-0.1, -0.05) is 72.8 Å². The van der Waals surface area contributed by atoms with Crippen molar-refractivity contribution in [1.29, 1.82) is 0 Å². The van der Waals surface area contributed by atoms with Crippen LogP contribution in [0, 0.1) is 13.8 Å². The highest BCUT2D eigenvalue weighted by atomic mass is 16.3. The van der Waals surface area contributed by atoms with E-state index in [1.807, 2.05) is 18.2 Å². The molecule has 0 aliphatic rings. The molecule has 1 N–H and O–H groups in total. The predicted molar refractivity (Wildman–Crippen MR) is 103 cm³/mol. The van der Waals surface area contributed by atoms with Crippen molar-refractivity contribution in [2.24, 2.45) is 0 Å². The molecule has 0 fully saturated rings. The van der Waals surface area contributed by atoms with Crippen molar-refractivity contribution in [2.75, 3.05) is 0 Å². The van der Waals surface area contributed by atoms with E-state index in [9.17, 15) is 5.11 Å². The molecule has 0 bridgehead atoms. The number of hydrogen-bond acceptors (Lipinski definition) is 1. The highest BCUT2D eigenvalue weighted by Gasteiger charge is 2.04. The Hall–Kier alpha value is -2.64. The highest BCUT2D eigenvalue weighted by Crippen LogP contribution is 2.27. The van der Waals surface area contributed by atoms with Crippen molar-refractivity contribution in [3.8, 4) is 11.1 Å². The predicted octanol–water partition coefficient (Wildman–Crippen LogP) is 5.63. The summed E-state index contributed by atoms with van der Waals surface area (Å²) in [4.78, 5) is 0. The maximum Gasteiger partial charge on any atom is 0.0682 e. The molecular weight excluding hydrogens is 292 g/mol. The number of rotatable bonds is 4. The first-order valence-electron chi connectivity index (χ1n) is 8.22. The highest BCUT2D eigenvalue weighted by molar-refractivity contribution is 5.78. The van der Waals surface area contributed by atoms with E-state index in [-0.39, 0.29) is 6.61 Å². The molecule has 0 heterocycles. The Morgan fingerprint density at radius 2 is 1.54 bits per heavy atom. The lowest BCUT2D eigenvalue weighted by molar-refractivity contribution is 0.282. The molecule has 0 saturated heterocycles. The van der Waals surface area contributed by atoms with E-state index in [2.05, 4.69) is 74.5 Å². The quantitative estimate of drug-likeness (QED) is 0.618. The van der Waals surface area contributed by atoms with Gasteiger partial charge in [0.15, 0.2) is 0 Å². The van der Waals surface area contributed by atoms with Gasteiger partial charge >= 0.3 is 0 Å². The van der Waals surface area contributed by atoms with Crippen molar-refractivity contribution in [1.82, 2.24) is 0 Å². The molecule has 120 valence electrons. The smallest absolute Gasteiger partial charge is 0.0682 e. The third kappa shape index (κ3) is 3.47. The Labute approximate surface area is 143 Å². The van der Waals surface area contributed by atoms with Crippen LogP contribution in [0.5, 0.6) is 0 Å². The molecule has 0 amide bonds. The first-order valence-corrected chi connectivity index (χ1v) is 8.22. The molecule has 3 rings (SSSR count). The summed E-state index contributed by atoms with van der Waals surface area (Å²) in [5.41, 5.74) is 8.28. The summed E-state index contributed by atoms with van der Waals surface area (Å²) in [7, 11) is 0. The fraction of sp³-hybridized carbons (Fsp3) is 0.130. The molecule has 1 nitrogen and oxygen atoms in total. The summed E-state index contributed by atoms with van der Waals surface area (Å²) in [6.07, 6.45) is 4.29. The Morgan fingerprint density at radius 3 is 2.29 bits per heavy atom. The number of aliphatic hydroxyl groups is 1. The lowest BCUT2D eigenvalue weighted by Gasteiger charge is -2.09. The van der Waals surface area contributed by atoms with Crippen LogP contribution in [0.4, 0.5) is 0 Å². The largest absolute Gasteiger partial charge is 0.392 e.